The van der Waals surface area contributed by atoms with Crippen molar-refractivity contribution in [3.05, 3.63) is 61.5 Å². The molecule has 1 N–H and O–H groups in total. The Hall–Kier alpha value is -0.550. The maximum Gasteiger partial charge on any atom is 0.125 e. The van der Waals surface area contributed by atoms with Crippen molar-refractivity contribution in [3.63, 3.8) is 0 Å². The van der Waals surface area contributed by atoms with Crippen molar-refractivity contribution in [1.82, 2.24) is 0 Å². The van der Waals surface area contributed by atoms with E-state index in [0.717, 1.165) is 20.1 Å². The van der Waals surface area contributed by atoms with E-state index in [2.05, 4.69) is 31.9 Å². The van der Waals surface area contributed by atoms with Crippen LogP contribution in [0.25, 0.3) is 0 Å². The van der Waals surface area contributed by atoms with Gasteiger partial charge in [0.2, 0.25) is 0 Å². The molecule has 0 fully saturated rings. The van der Waals surface area contributed by atoms with Crippen LogP contribution in [0.1, 0.15) is 24.2 Å². The van der Waals surface area contributed by atoms with Gasteiger partial charge in [-0.1, -0.05) is 49.5 Å². The van der Waals surface area contributed by atoms with Crippen molar-refractivity contribution in [2.24, 2.45) is 0 Å². The van der Waals surface area contributed by atoms with Crippen molar-refractivity contribution in [2.45, 2.75) is 19.6 Å². The van der Waals surface area contributed by atoms with Crippen LogP contribution in [0.2, 0.25) is 5.02 Å². The second-order valence-electron chi connectivity index (χ2n) is 4.38. The van der Waals surface area contributed by atoms with Crippen molar-refractivity contribution >= 4 is 43.5 Å². The number of hydrogen-bond donors (Lipinski definition) is 1. The number of aliphatic hydroxyl groups excluding tert-OH is 1. The molecule has 1 atom stereocenters. The van der Waals surface area contributed by atoms with E-state index in [1.807, 2.05) is 36.4 Å². The monoisotopic (exact) mass is 418 g/mol. The predicted molar refractivity (Wildman–Crippen MR) is 88.3 cm³/mol. The predicted octanol–water partition coefficient (Wildman–Crippen LogP) is 5.50. The van der Waals surface area contributed by atoms with Crippen LogP contribution in [0.3, 0.4) is 0 Å². The number of ether oxygens (including phenoxy) is 1. The highest BCUT2D eigenvalue weighted by Crippen LogP contribution is 2.30. The summed E-state index contributed by atoms with van der Waals surface area (Å²) < 4.78 is 7.61. The van der Waals surface area contributed by atoms with E-state index in [1.165, 1.54) is 0 Å². The van der Waals surface area contributed by atoms with E-state index in [9.17, 15) is 5.11 Å². The molecule has 0 radical (unpaired) electrons. The van der Waals surface area contributed by atoms with Gasteiger partial charge in [-0.25, -0.2) is 0 Å². The van der Waals surface area contributed by atoms with Gasteiger partial charge in [0.05, 0.1) is 6.10 Å². The molecule has 106 valence electrons. The third kappa shape index (κ3) is 3.98. The molecule has 2 aromatic rings. The van der Waals surface area contributed by atoms with Gasteiger partial charge in [-0.05, 0) is 37.3 Å². The minimum atomic E-state index is -0.595. The first-order valence-electron chi connectivity index (χ1n) is 6.01. The standard InChI is InChI=1S/C15H13Br2ClO2/c1-9(19)13-6-11(16)4-5-15(13)20-8-10-2-3-12(17)7-14(10)18/h2-7,9,19H,8H2,1H3/t9-/m1/s1. The Morgan fingerprint density at radius 2 is 1.80 bits per heavy atom. The normalized spacial score (nSPS) is 12.2. The molecule has 0 aliphatic carbocycles. The van der Waals surface area contributed by atoms with Gasteiger partial charge in [-0.15, -0.1) is 0 Å². The molecule has 0 amide bonds. The summed E-state index contributed by atoms with van der Waals surface area (Å²) in [6.45, 7) is 2.06. The lowest BCUT2D eigenvalue weighted by Gasteiger charge is -2.14. The van der Waals surface area contributed by atoms with Crippen LogP contribution in [-0.2, 0) is 6.61 Å². The summed E-state index contributed by atoms with van der Waals surface area (Å²) >= 11 is 12.9. The zero-order valence-corrected chi connectivity index (χ0v) is 14.7. The van der Waals surface area contributed by atoms with Crippen LogP contribution in [0.5, 0.6) is 5.75 Å². The van der Waals surface area contributed by atoms with E-state index in [0.29, 0.717) is 17.4 Å². The van der Waals surface area contributed by atoms with Crippen LogP contribution in [0.4, 0.5) is 0 Å². The summed E-state index contributed by atoms with van der Waals surface area (Å²) in [7, 11) is 0. The van der Waals surface area contributed by atoms with Gasteiger partial charge in [0.25, 0.3) is 0 Å². The van der Waals surface area contributed by atoms with Crippen molar-refractivity contribution in [3.8, 4) is 5.75 Å². The summed E-state index contributed by atoms with van der Waals surface area (Å²) in [5, 5.41) is 10.4. The van der Waals surface area contributed by atoms with Crippen molar-refractivity contribution in [1.29, 1.82) is 0 Å². The number of halogens is 3. The van der Waals surface area contributed by atoms with Crippen molar-refractivity contribution < 1.29 is 9.84 Å². The van der Waals surface area contributed by atoms with E-state index < -0.39 is 6.10 Å². The average Bonchev–Trinajstić information content (AvgIpc) is 2.38. The molecule has 20 heavy (non-hydrogen) atoms. The highest BCUT2D eigenvalue weighted by molar-refractivity contribution is 9.10. The Morgan fingerprint density at radius 1 is 1.15 bits per heavy atom. The first kappa shape index (κ1) is 15.8. The van der Waals surface area contributed by atoms with Gasteiger partial charge in [-0.3, -0.25) is 0 Å². The fourth-order valence-corrected chi connectivity index (χ4v) is 2.88. The Morgan fingerprint density at radius 3 is 2.45 bits per heavy atom. The number of hydrogen-bond acceptors (Lipinski definition) is 2. The molecular formula is C15H13Br2ClO2. The zero-order valence-electron chi connectivity index (χ0n) is 10.7. The van der Waals surface area contributed by atoms with E-state index in [4.69, 9.17) is 16.3 Å². The molecule has 2 aromatic carbocycles. The molecular weight excluding hydrogens is 407 g/mol. The summed E-state index contributed by atoms with van der Waals surface area (Å²) in [5.74, 6) is 0.655. The van der Waals surface area contributed by atoms with Crippen LogP contribution < -0.4 is 4.74 Å². The van der Waals surface area contributed by atoms with Gasteiger partial charge in [0.1, 0.15) is 12.4 Å². The Bertz CT molecular complexity index is 615. The second kappa shape index (κ2) is 6.94. The highest BCUT2D eigenvalue weighted by atomic mass is 79.9. The summed E-state index contributed by atoms with van der Waals surface area (Å²) in [6.07, 6.45) is -0.595. The minimum Gasteiger partial charge on any atom is -0.488 e. The molecule has 0 aliphatic heterocycles. The van der Waals surface area contributed by atoms with Crippen molar-refractivity contribution in [2.75, 3.05) is 0 Å². The Labute approximate surface area is 140 Å². The van der Waals surface area contributed by atoms with Gasteiger partial charge in [0, 0.05) is 25.1 Å². The summed E-state index contributed by atoms with van der Waals surface area (Å²) in [5.41, 5.74) is 1.64. The fourth-order valence-electron chi connectivity index (χ4n) is 1.77. The number of aliphatic hydroxyl groups is 1. The maximum absolute atomic E-state index is 9.78. The molecule has 0 bridgehead atoms. The first-order chi connectivity index (χ1) is 9.47. The largest absolute Gasteiger partial charge is 0.488 e. The molecule has 5 heteroatoms. The quantitative estimate of drug-likeness (QED) is 0.708. The maximum atomic E-state index is 9.78. The molecule has 2 rings (SSSR count). The lowest BCUT2D eigenvalue weighted by Crippen LogP contribution is -2.01. The molecule has 0 spiro atoms. The molecule has 0 heterocycles. The minimum absolute atomic E-state index is 0.355. The third-order valence-electron chi connectivity index (χ3n) is 2.82. The second-order valence-corrected chi connectivity index (χ2v) is 6.62. The lowest BCUT2D eigenvalue weighted by atomic mass is 10.1. The van der Waals surface area contributed by atoms with Gasteiger partial charge < -0.3 is 9.84 Å². The zero-order chi connectivity index (χ0) is 14.7. The van der Waals surface area contributed by atoms with Crippen LogP contribution >= 0.6 is 43.5 Å². The first-order valence-corrected chi connectivity index (χ1v) is 7.98. The summed E-state index contributed by atoms with van der Waals surface area (Å²) in [4.78, 5) is 0. The Balaban J connectivity index is 2.18. The number of benzene rings is 2. The Kier molecular flexibility index (Phi) is 5.49. The molecule has 2 nitrogen and oxygen atoms in total. The molecule has 0 unspecified atom stereocenters. The van der Waals surface area contributed by atoms with E-state index in [-0.39, 0.29) is 0 Å². The van der Waals surface area contributed by atoms with Gasteiger partial charge in [-0.2, -0.15) is 0 Å². The smallest absolute Gasteiger partial charge is 0.125 e. The SMILES string of the molecule is C[C@@H](O)c1cc(Br)ccc1OCc1ccc(Br)cc1Cl. The van der Waals surface area contributed by atoms with Crippen LogP contribution in [-0.4, -0.2) is 5.11 Å². The van der Waals surface area contributed by atoms with Crippen LogP contribution in [0.15, 0.2) is 45.3 Å². The lowest BCUT2D eigenvalue weighted by molar-refractivity contribution is 0.190. The summed E-state index contributed by atoms with van der Waals surface area (Å²) in [6, 6.07) is 11.2. The average molecular weight is 421 g/mol. The van der Waals surface area contributed by atoms with E-state index >= 15 is 0 Å². The number of rotatable bonds is 4. The van der Waals surface area contributed by atoms with Crippen LogP contribution in [0, 0.1) is 0 Å². The van der Waals surface area contributed by atoms with Gasteiger partial charge in [0.15, 0.2) is 0 Å². The molecule has 0 saturated carbocycles. The molecule has 0 aromatic heterocycles. The topological polar surface area (TPSA) is 29.5 Å². The molecule has 0 saturated heterocycles. The fraction of sp³-hybridized carbons (Fsp3) is 0.200. The van der Waals surface area contributed by atoms with Gasteiger partial charge >= 0.3 is 0 Å². The highest BCUT2D eigenvalue weighted by Gasteiger charge is 2.11. The molecule has 0 aliphatic rings. The third-order valence-corrected chi connectivity index (χ3v) is 4.16. The van der Waals surface area contributed by atoms with E-state index in [1.54, 1.807) is 6.92 Å².